The van der Waals surface area contributed by atoms with E-state index in [1.165, 1.54) is 6.07 Å². The molecule has 4 nitrogen and oxygen atoms in total. The molecular weight excluding hydrogens is 473 g/mol. The zero-order valence-electron chi connectivity index (χ0n) is 16.7. The molecule has 0 radical (unpaired) electrons. The summed E-state index contributed by atoms with van der Waals surface area (Å²) in [5.41, 5.74) is 2.38. The van der Waals surface area contributed by atoms with Crippen LogP contribution in [0.15, 0.2) is 59.1 Å². The lowest BCUT2D eigenvalue weighted by Crippen LogP contribution is -2.14. The molecule has 0 saturated heterocycles. The Balaban J connectivity index is 1.69. The van der Waals surface area contributed by atoms with Gasteiger partial charge in [-0.2, -0.15) is 0 Å². The van der Waals surface area contributed by atoms with Crippen LogP contribution in [0, 0.1) is 5.82 Å². The molecule has 0 fully saturated rings. The van der Waals surface area contributed by atoms with Gasteiger partial charge in [0.05, 0.1) is 19.2 Å². The van der Waals surface area contributed by atoms with E-state index in [1.807, 2.05) is 36.4 Å². The highest BCUT2D eigenvalue weighted by Gasteiger charge is 2.13. The first-order chi connectivity index (χ1) is 14.5. The summed E-state index contributed by atoms with van der Waals surface area (Å²) in [5.74, 6) is 1.49. The van der Waals surface area contributed by atoms with E-state index in [0.717, 1.165) is 21.3 Å². The largest absolute Gasteiger partial charge is 0.496 e. The molecule has 0 aliphatic heterocycles. The lowest BCUT2D eigenvalue weighted by atomic mass is 10.1. The predicted molar refractivity (Wildman–Crippen MR) is 120 cm³/mol. The van der Waals surface area contributed by atoms with E-state index in [2.05, 4.69) is 21.2 Å². The Labute approximate surface area is 189 Å². The highest BCUT2D eigenvalue weighted by Crippen LogP contribution is 2.35. The summed E-state index contributed by atoms with van der Waals surface area (Å²) in [7, 11) is 3.23. The van der Waals surface area contributed by atoms with Gasteiger partial charge in [0.2, 0.25) is 0 Å². The molecule has 1 N–H and O–H groups in total. The van der Waals surface area contributed by atoms with Gasteiger partial charge in [-0.3, -0.25) is 0 Å². The van der Waals surface area contributed by atoms with Gasteiger partial charge >= 0.3 is 0 Å². The summed E-state index contributed by atoms with van der Waals surface area (Å²) in [4.78, 5) is 0. The monoisotopic (exact) mass is 493 g/mol. The first-order valence-electron chi connectivity index (χ1n) is 9.28. The van der Waals surface area contributed by atoms with Crippen LogP contribution in [0.5, 0.6) is 17.2 Å². The standard InChI is InChI=1S/C23H22BrClFNO3/c1-28-21-9-4-3-6-15(21)12-27-13-16-10-22(29-2)23(11-18(16)24)30-14-17-19(25)7-5-8-20(17)26/h3-11,27H,12-14H2,1-2H3. The molecule has 30 heavy (non-hydrogen) atoms. The van der Waals surface area contributed by atoms with E-state index in [9.17, 15) is 4.39 Å². The summed E-state index contributed by atoms with van der Waals surface area (Å²) >= 11 is 9.66. The third-order valence-electron chi connectivity index (χ3n) is 4.59. The van der Waals surface area contributed by atoms with Gasteiger partial charge in [-0.15, -0.1) is 0 Å². The van der Waals surface area contributed by atoms with Crippen molar-refractivity contribution in [2.24, 2.45) is 0 Å². The topological polar surface area (TPSA) is 39.7 Å². The molecule has 0 spiro atoms. The van der Waals surface area contributed by atoms with Crippen molar-refractivity contribution >= 4 is 27.5 Å². The molecule has 7 heteroatoms. The number of nitrogens with one attached hydrogen (secondary N) is 1. The molecule has 0 bridgehead atoms. The van der Waals surface area contributed by atoms with E-state index in [0.29, 0.717) is 35.2 Å². The summed E-state index contributed by atoms with van der Waals surface area (Å²) in [5, 5.41) is 3.73. The maximum Gasteiger partial charge on any atom is 0.162 e. The number of methoxy groups -OCH3 is 2. The molecule has 158 valence electrons. The molecule has 3 aromatic rings. The maximum atomic E-state index is 14.0. The van der Waals surface area contributed by atoms with Crippen molar-refractivity contribution < 1.29 is 18.6 Å². The van der Waals surface area contributed by atoms with Crippen molar-refractivity contribution in [2.45, 2.75) is 19.7 Å². The van der Waals surface area contributed by atoms with Crippen LogP contribution in [0.4, 0.5) is 4.39 Å². The van der Waals surface area contributed by atoms with Crippen molar-refractivity contribution in [3.63, 3.8) is 0 Å². The van der Waals surface area contributed by atoms with Crippen LogP contribution in [0.2, 0.25) is 5.02 Å². The van der Waals surface area contributed by atoms with E-state index in [4.69, 9.17) is 25.8 Å². The van der Waals surface area contributed by atoms with Crippen LogP contribution >= 0.6 is 27.5 Å². The van der Waals surface area contributed by atoms with Crippen molar-refractivity contribution in [2.75, 3.05) is 14.2 Å². The van der Waals surface area contributed by atoms with Gasteiger partial charge in [-0.1, -0.05) is 51.8 Å². The first kappa shape index (κ1) is 22.4. The molecule has 0 aliphatic rings. The van der Waals surface area contributed by atoms with Crippen molar-refractivity contribution in [1.29, 1.82) is 0 Å². The average molecular weight is 495 g/mol. The summed E-state index contributed by atoms with van der Waals surface area (Å²) in [6.07, 6.45) is 0. The molecule has 3 aromatic carbocycles. The number of rotatable bonds is 9. The molecule has 0 aromatic heterocycles. The third-order valence-corrected chi connectivity index (χ3v) is 5.68. The quantitative estimate of drug-likeness (QED) is 0.389. The second-order valence-electron chi connectivity index (χ2n) is 6.50. The van der Waals surface area contributed by atoms with E-state index >= 15 is 0 Å². The van der Waals surface area contributed by atoms with Crippen molar-refractivity contribution in [3.8, 4) is 17.2 Å². The number of benzene rings is 3. The SMILES string of the molecule is COc1ccccc1CNCc1cc(OC)c(OCc2c(F)cccc2Cl)cc1Br. The molecule has 0 aliphatic carbocycles. The lowest BCUT2D eigenvalue weighted by molar-refractivity contribution is 0.279. The highest BCUT2D eigenvalue weighted by atomic mass is 79.9. The summed E-state index contributed by atoms with van der Waals surface area (Å²) in [6.45, 7) is 1.26. The number of ether oxygens (including phenoxy) is 3. The molecule has 0 unspecified atom stereocenters. The summed E-state index contributed by atoms with van der Waals surface area (Å²) in [6, 6.07) is 16.1. The fourth-order valence-electron chi connectivity index (χ4n) is 2.99. The number of para-hydroxylation sites is 1. The second-order valence-corrected chi connectivity index (χ2v) is 7.76. The molecular formula is C23H22BrClFNO3. The van der Waals surface area contributed by atoms with Crippen LogP contribution in [0.25, 0.3) is 0 Å². The highest BCUT2D eigenvalue weighted by molar-refractivity contribution is 9.10. The fourth-order valence-corrected chi connectivity index (χ4v) is 3.67. The Morgan fingerprint density at radius 3 is 2.37 bits per heavy atom. The molecule has 0 amide bonds. The molecule has 0 atom stereocenters. The van der Waals surface area contributed by atoms with E-state index in [-0.39, 0.29) is 6.61 Å². The van der Waals surface area contributed by atoms with Crippen LogP contribution in [0.1, 0.15) is 16.7 Å². The number of hydrogen-bond acceptors (Lipinski definition) is 4. The van der Waals surface area contributed by atoms with Crippen LogP contribution in [-0.4, -0.2) is 14.2 Å². The zero-order valence-corrected chi connectivity index (χ0v) is 19.0. The third kappa shape index (κ3) is 5.45. The Morgan fingerprint density at radius 1 is 0.900 bits per heavy atom. The minimum atomic E-state index is -0.405. The molecule has 0 saturated carbocycles. The van der Waals surface area contributed by atoms with Gasteiger partial charge in [0.25, 0.3) is 0 Å². The number of hydrogen-bond donors (Lipinski definition) is 1. The Morgan fingerprint density at radius 2 is 1.63 bits per heavy atom. The van der Waals surface area contributed by atoms with Gasteiger partial charge in [-0.25, -0.2) is 4.39 Å². The fraction of sp³-hybridized carbons (Fsp3) is 0.217. The Hall–Kier alpha value is -2.28. The first-order valence-corrected chi connectivity index (χ1v) is 10.4. The Kier molecular flexibility index (Phi) is 7.96. The molecule has 3 rings (SSSR count). The minimum absolute atomic E-state index is 0.000293. The van der Waals surface area contributed by atoms with Crippen LogP contribution in [-0.2, 0) is 19.7 Å². The second kappa shape index (κ2) is 10.7. The van der Waals surface area contributed by atoms with Gasteiger partial charge < -0.3 is 19.5 Å². The Bertz CT molecular complexity index is 995. The van der Waals surface area contributed by atoms with Crippen LogP contribution in [0.3, 0.4) is 0 Å². The van der Waals surface area contributed by atoms with Gasteiger partial charge in [-0.05, 0) is 35.9 Å². The smallest absolute Gasteiger partial charge is 0.162 e. The lowest BCUT2D eigenvalue weighted by Gasteiger charge is -2.15. The van der Waals surface area contributed by atoms with Crippen molar-refractivity contribution in [1.82, 2.24) is 5.32 Å². The van der Waals surface area contributed by atoms with Crippen LogP contribution < -0.4 is 19.5 Å². The van der Waals surface area contributed by atoms with Gasteiger partial charge in [0.15, 0.2) is 11.5 Å². The van der Waals surface area contributed by atoms with Gasteiger partial charge in [0.1, 0.15) is 18.2 Å². The van der Waals surface area contributed by atoms with Crippen molar-refractivity contribution in [3.05, 3.63) is 86.6 Å². The number of halogens is 3. The van der Waals surface area contributed by atoms with Gasteiger partial charge in [0, 0.05) is 28.7 Å². The van der Waals surface area contributed by atoms with E-state index < -0.39 is 5.82 Å². The maximum absolute atomic E-state index is 14.0. The average Bonchev–Trinajstić information content (AvgIpc) is 2.75. The molecule has 0 heterocycles. The predicted octanol–water partition coefficient (Wildman–Crippen LogP) is 6.13. The normalized spacial score (nSPS) is 10.7. The minimum Gasteiger partial charge on any atom is -0.496 e. The summed E-state index contributed by atoms with van der Waals surface area (Å²) < 4.78 is 31.5. The van der Waals surface area contributed by atoms with E-state index in [1.54, 1.807) is 26.4 Å². The zero-order chi connectivity index (χ0) is 21.5.